The number of benzene rings is 2. The number of nitrogens with zero attached hydrogens (tertiary/aromatic N) is 5. The molecule has 10 heteroatoms. The van der Waals surface area contributed by atoms with Crippen LogP contribution in [0.4, 0.5) is 5.82 Å². The molecule has 196 valence electrons. The highest BCUT2D eigenvalue weighted by Crippen LogP contribution is 2.24. The number of nitrogens with one attached hydrogen (secondary N) is 1. The lowest BCUT2D eigenvalue weighted by atomic mass is 10.0. The second-order valence-corrected chi connectivity index (χ2v) is 10.2. The fourth-order valence-electron chi connectivity index (χ4n) is 4.66. The lowest BCUT2D eigenvalue weighted by molar-refractivity contribution is 0.0941. The van der Waals surface area contributed by atoms with Crippen molar-refractivity contribution in [3.05, 3.63) is 116 Å². The van der Waals surface area contributed by atoms with Crippen LogP contribution in [0.5, 0.6) is 0 Å². The Morgan fingerprint density at radius 1 is 1.07 bits per heavy atom. The Balaban J connectivity index is 1.48. The number of pyridine rings is 1. The van der Waals surface area contributed by atoms with Gasteiger partial charge in [-0.3, -0.25) is 14.2 Å². The number of carbonyl (C=O) groups excluding carboxylic acids is 1. The highest BCUT2D eigenvalue weighted by Gasteiger charge is 2.24. The number of nitrogen functional groups attached to an aromatic ring is 1. The number of carbonyl (C=O) groups is 1. The summed E-state index contributed by atoms with van der Waals surface area (Å²) < 4.78 is 3.07. The van der Waals surface area contributed by atoms with Crippen LogP contribution in [0.25, 0.3) is 22.1 Å². The molecule has 2 aromatic carbocycles. The third-order valence-electron chi connectivity index (χ3n) is 6.59. The van der Waals surface area contributed by atoms with Gasteiger partial charge in [-0.25, -0.2) is 14.5 Å². The van der Waals surface area contributed by atoms with Gasteiger partial charge in [0.25, 0.3) is 11.5 Å². The second-order valence-electron chi connectivity index (χ2n) is 9.17. The van der Waals surface area contributed by atoms with Gasteiger partial charge in [0.05, 0.1) is 16.9 Å². The highest BCUT2D eigenvalue weighted by atomic mass is 32.1. The topological polar surface area (TPSA) is 120 Å². The zero-order chi connectivity index (χ0) is 27.8. The fraction of sp³-hybridized carbons (Fsp3) is 0.100. The van der Waals surface area contributed by atoms with Crippen molar-refractivity contribution in [2.24, 2.45) is 0 Å². The summed E-state index contributed by atoms with van der Waals surface area (Å²) in [6, 6.07) is 17.9. The number of rotatable bonds is 4. The number of hydrogen-bond acceptors (Lipinski definition) is 7. The molecule has 40 heavy (non-hydrogen) atoms. The molecule has 0 bridgehead atoms. The number of aryl methyl sites for hydroxylation is 1. The summed E-state index contributed by atoms with van der Waals surface area (Å²) in [5, 5.41) is 8.38. The maximum absolute atomic E-state index is 14.2. The van der Waals surface area contributed by atoms with Crippen LogP contribution in [0.3, 0.4) is 0 Å². The van der Waals surface area contributed by atoms with Crippen LogP contribution in [0.15, 0.2) is 83.4 Å². The largest absolute Gasteiger partial charge is 0.381 e. The molecular weight excluding hydrogens is 522 g/mol. The van der Waals surface area contributed by atoms with Gasteiger partial charge in [-0.15, -0.1) is 16.4 Å². The summed E-state index contributed by atoms with van der Waals surface area (Å²) in [5.41, 5.74) is 10.7. The van der Waals surface area contributed by atoms with Crippen molar-refractivity contribution < 1.29 is 4.79 Å². The molecule has 1 amide bonds. The summed E-state index contributed by atoms with van der Waals surface area (Å²) in [4.78, 5) is 37.2. The molecule has 0 aliphatic carbocycles. The van der Waals surface area contributed by atoms with Crippen molar-refractivity contribution in [2.45, 2.75) is 19.9 Å². The second kappa shape index (κ2) is 10.1. The number of amides is 1. The Kier molecular flexibility index (Phi) is 6.34. The SMILES string of the molecule is Cc1scnc1C#Cc1cccc2cc([C@@H](C)NC(=O)c3c(N)nn4cccnc34)n(-c3ccccc3)c(=O)c12. The van der Waals surface area contributed by atoms with E-state index in [2.05, 4.69) is 32.2 Å². The molecule has 0 unspecified atom stereocenters. The molecular formula is C30H23N7O2S. The van der Waals surface area contributed by atoms with E-state index < -0.39 is 11.9 Å². The van der Waals surface area contributed by atoms with Gasteiger partial charge in [0.15, 0.2) is 11.5 Å². The summed E-state index contributed by atoms with van der Waals surface area (Å²) in [5.74, 6) is 5.89. The van der Waals surface area contributed by atoms with Gasteiger partial charge >= 0.3 is 0 Å². The number of aromatic nitrogens is 5. The molecule has 6 rings (SSSR count). The van der Waals surface area contributed by atoms with E-state index in [1.807, 2.05) is 68.4 Å². The first kappa shape index (κ1) is 25.0. The van der Waals surface area contributed by atoms with Crippen molar-refractivity contribution in [2.75, 3.05) is 5.73 Å². The quantitative estimate of drug-likeness (QED) is 0.319. The van der Waals surface area contributed by atoms with E-state index in [4.69, 9.17) is 5.73 Å². The third kappa shape index (κ3) is 4.38. The molecule has 4 aromatic heterocycles. The molecule has 0 saturated heterocycles. The van der Waals surface area contributed by atoms with Crippen LogP contribution in [-0.2, 0) is 0 Å². The number of anilines is 1. The van der Waals surface area contributed by atoms with Gasteiger partial charge in [-0.05, 0) is 55.5 Å². The smallest absolute Gasteiger partial charge is 0.264 e. The van der Waals surface area contributed by atoms with Crippen LogP contribution in [0.1, 0.15) is 45.2 Å². The van der Waals surface area contributed by atoms with Crippen LogP contribution < -0.4 is 16.6 Å². The van der Waals surface area contributed by atoms with E-state index in [1.54, 1.807) is 28.5 Å². The number of thiazole rings is 1. The van der Waals surface area contributed by atoms with Crippen LogP contribution in [-0.4, -0.2) is 30.1 Å². The third-order valence-corrected chi connectivity index (χ3v) is 7.35. The molecule has 6 aromatic rings. The monoisotopic (exact) mass is 545 g/mol. The van der Waals surface area contributed by atoms with Crippen molar-refractivity contribution in [1.29, 1.82) is 0 Å². The fourth-order valence-corrected chi connectivity index (χ4v) is 5.20. The predicted molar refractivity (Wildman–Crippen MR) is 156 cm³/mol. The van der Waals surface area contributed by atoms with E-state index >= 15 is 0 Å². The molecule has 4 heterocycles. The maximum atomic E-state index is 14.2. The molecule has 1 atom stereocenters. The Labute approximate surface area is 233 Å². The number of para-hydroxylation sites is 1. The maximum Gasteiger partial charge on any atom is 0.264 e. The lowest BCUT2D eigenvalue weighted by Gasteiger charge is -2.21. The number of hydrogen-bond donors (Lipinski definition) is 2. The van der Waals surface area contributed by atoms with Crippen LogP contribution >= 0.6 is 11.3 Å². The molecule has 0 fully saturated rings. The standard InChI is InChI=1S/C30H23N7O2S/c1-18(34-29(38)26-27(31)35-36-15-7-14-32-28(26)36)24-16-21-9-6-8-20(12-13-23-19(2)40-17-33-23)25(21)30(39)37(24)22-10-4-3-5-11-22/h3-11,14-18H,1-2H3,(H2,31,35)(H,34,38)/t18-/m1/s1. The van der Waals surface area contributed by atoms with E-state index in [9.17, 15) is 9.59 Å². The van der Waals surface area contributed by atoms with E-state index in [1.165, 1.54) is 15.9 Å². The minimum atomic E-state index is -0.574. The van der Waals surface area contributed by atoms with Crippen LogP contribution in [0, 0.1) is 18.8 Å². The first-order valence-corrected chi connectivity index (χ1v) is 13.4. The van der Waals surface area contributed by atoms with Gasteiger partial charge in [-0.2, -0.15) is 0 Å². The summed E-state index contributed by atoms with van der Waals surface area (Å²) in [6.45, 7) is 3.79. The Bertz CT molecular complexity index is 2030. The van der Waals surface area contributed by atoms with E-state index in [0.717, 1.165) is 4.88 Å². The molecule has 0 aliphatic heterocycles. The minimum absolute atomic E-state index is 0.0703. The zero-order valence-corrected chi connectivity index (χ0v) is 22.4. The number of nitrogens with two attached hydrogens (primary N) is 1. The summed E-state index contributed by atoms with van der Waals surface area (Å²) >= 11 is 1.53. The van der Waals surface area contributed by atoms with Gasteiger partial charge < -0.3 is 11.1 Å². The predicted octanol–water partition coefficient (Wildman–Crippen LogP) is 4.27. The first-order valence-electron chi connectivity index (χ1n) is 12.5. The van der Waals surface area contributed by atoms with Gasteiger partial charge in [0, 0.05) is 34.2 Å². The molecule has 9 nitrogen and oxygen atoms in total. The van der Waals surface area contributed by atoms with E-state index in [-0.39, 0.29) is 16.9 Å². The highest BCUT2D eigenvalue weighted by molar-refractivity contribution is 7.09. The Morgan fingerprint density at radius 2 is 1.90 bits per heavy atom. The average Bonchev–Trinajstić information content (AvgIpc) is 3.53. The molecule has 0 saturated carbocycles. The Morgan fingerprint density at radius 3 is 2.67 bits per heavy atom. The summed E-state index contributed by atoms with van der Waals surface area (Å²) in [7, 11) is 0. The molecule has 0 radical (unpaired) electrons. The van der Waals surface area contributed by atoms with Crippen molar-refractivity contribution >= 4 is 39.5 Å². The van der Waals surface area contributed by atoms with Crippen molar-refractivity contribution in [1.82, 2.24) is 29.5 Å². The van der Waals surface area contributed by atoms with E-state index in [0.29, 0.717) is 39.1 Å². The van der Waals surface area contributed by atoms with Crippen LogP contribution in [0.2, 0.25) is 0 Å². The first-order chi connectivity index (χ1) is 19.4. The van der Waals surface area contributed by atoms with Gasteiger partial charge in [0.1, 0.15) is 11.3 Å². The van der Waals surface area contributed by atoms with Gasteiger partial charge in [-0.1, -0.05) is 36.3 Å². The minimum Gasteiger partial charge on any atom is -0.381 e. The van der Waals surface area contributed by atoms with Crippen molar-refractivity contribution in [3.63, 3.8) is 0 Å². The lowest BCUT2D eigenvalue weighted by Crippen LogP contribution is -2.32. The van der Waals surface area contributed by atoms with Crippen molar-refractivity contribution in [3.8, 4) is 17.5 Å². The summed E-state index contributed by atoms with van der Waals surface area (Å²) in [6.07, 6.45) is 3.24. The molecule has 0 aliphatic rings. The normalized spacial score (nSPS) is 11.8. The molecule has 0 spiro atoms. The van der Waals surface area contributed by atoms with Gasteiger partial charge in [0.2, 0.25) is 0 Å². The zero-order valence-electron chi connectivity index (χ0n) is 21.6. The average molecular weight is 546 g/mol. The Hall–Kier alpha value is -5.27. The number of fused-ring (bicyclic) bond motifs is 2. The molecule has 3 N–H and O–H groups in total.